The molecule has 5 heteroatoms. The second-order valence-corrected chi connectivity index (χ2v) is 8.23. The zero-order chi connectivity index (χ0) is 18.0. The Morgan fingerprint density at radius 3 is 2.60 bits per heavy atom. The second kappa shape index (κ2) is 7.67. The van der Waals surface area contributed by atoms with E-state index in [0.717, 1.165) is 35.9 Å². The summed E-state index contributed by atoms with van der Waals surface area (Å²) in [5.74, 6) is 0.974. The Labute approximate surface area is 154 Å². The van der Waals surface area contributed by atoms with Crippen LogP contribution >= 0.6 is 11.3 Å². The fraction of sp³-hybridized carbons (Fsp3) is 0.500. The van der Waals surface area contributed by atoms with Crippen molar-refractivity contribution in [3.63, 3.8) is 0 Å². The van der Waals surface area contributed by atoms with Crippen molar-refractivity contribution < 1.29 is 4.79 Å². The Morgan fingerprint density at radius 1 is 1.24 bits per heavy atom. The van der Waals surface area contributed by atoms with Crippen molar-refractivity contribution in [1.82, 2.24) is 15.2 Å². The van der Waals surface area contributed by atoms with Gasteiger partial charge in [-0.1, -0.05) is 52.0 Å². The maximum atomic E-state index is 12.2. The van der Waals surface area contributed by atoms with Gasteiger partial charge in [-0.05, 0) is 17.4 Å². The Morgan fingerprint density at radius 2 is 1.96 bits per heavy atom. The molecule has 2 aromatic rings. The zero-order valence-corrected chi connectivity index (χ0v) is 16.3. The molecule has 3 rings (SSSR count). The normalized spacial score (nSPS) is 18.8. The van der Waals surface area contributed by atoms with Gasteiger partial charge < -0.3 is 5.32 Å². The molecule has 1 aromatic carbocycles. The number of amides is 1. The van der Waals surface area contributed by atoms with E-state index < -0.39 is 0 Å². The lowest BCUT2D eigenvalue weighted by molar-refractivity contribution is -0.131. The summed E-state index contributed by atoms with van der Waals surface area (Å²) in [7, 11) is 0. The topological polar surface area (TPSA) is 45.2 Å². The maximum Gasteiger partial charge on any atom is 0.237 e. The molecule has 1 aliphatic heterocycles. The Balaban J connectivity index is 1.73. The molecule has 1 unspecified atom stereocenters. The van der Waals surface area contributed by atoms with Crippen LogP contribution in [0.4, 0.5) is 0 Å². The third kappa shape index (κ3) is 4.10. The number of rotatable bonds is 5. The summed E-state index contributed by atoms with van der Waals surface area (Å²) >= 11 is 1.68. The van der Waals surface area contributed by atoms with E-state index in [2.05, 4.69) is 67.6 Å². The van der Waals surface area contributed by atoms with E-state index in [0.29, 0.717) is 11.8 Å². The number of thiazole rings is 1. The minimum Gasteiger partial charge on any atom is -0.353 e. The van der Waals surface area contributed by atoms with Gasteiger partial charge in [0.2, 0.25) is 5.91 Å². The van der Waals surface area contributed by atoms with Crippen LogP contribution in [0.3, 0.4) is 0 Å². The number of aromatic nitrogens is 1. The van der Waals surface area contributed by atoms with Crippen molar-refractivity contribution in [2.45, 2.75) is 46.2 Å². The highest BCUT2D eigenvalue weighted by Crippen LogP contribution is 2.27. The van der Waals surface area contributed by atoms with E-state index >= 15 is 0 Å². The standard InChI is InChI=1S/C20H27N3OS/c1-13(2)15-5-7-16(8-6-15)20-22-17(12-25-20)11-23-10-9-21-19(24)18(23)14(3)4/h5-8,12-14,18H,9-11H2,1-4H3,(H,21,24). The first kappa shape index (κ1) is 18.1. The molecule has 1 aromatic heterocycles. The van der Waals surface area contributed by atoms with E-state index in [1.165, 1.54) is 5.56 Å². The molecule has 0 saturated carbocycles. The summed E-state index contributed by atoms with van der Waals surface area (Å²) in [6, 6.07) is 8.62. The SMILES string of the molecule is CC(C)c1ccc(-c2nc(CN3CCNC(=O)C3C(C)C)cs2)cc1. The lowest BCUT2D eigenvalue weighted by atomic mass is 9.99. The van der Waals surface area contributed by atoms with Gasteiger partial charge in [-0.15, -0.1) is 11.3 Å². The zero-order valence-electron chi connectivity index (χ0n) is 15.5. The quantitative estimate of drug-likeness (QED) is 0.883. The van der Waals surface area contributed by atoms with Gasteiger partial charge in [0.15, 0.2) is 0 Å². The molecule has 25 heavy (non-hydrogen) atoms. The fourth-order valence-corrected chi connectivity index (χ4v) is 4.18. The van der Waals surface area contributed by atoms with Crippen molar-refractivity contribution in [2.75, 3.05) is 13.1 Å². The number of benzene rings is 1. The van der Waals surface area contributed by atoms with Gasteiger partial charge in [-0.25, -0.2) is 4.98 Å². The minimum atomic E-state index is -0.0655. The third-order valence-corrected chi connectivity index (χ3v) is 5.67. The molecule has 4 nitrogen and oxygen atoms in total. The summed E-state index contributed by atoms with van der Waals surface area (Å²) in [5, 5.41) is 6.15. The molecule has 1 N–H and O–H groups in total. The van der Waals surface area contributed by atoms with Crippen LogP contribution in [0, 0.1) is 5.92 Å². The average Bonchev–Trinajstić information content (AvgIpc) is 3.03. The van der Waals surface area contributed by atoms with Crippen LogP contribution in [0.2, 0.25) is 0 Å². The summed E-state index contributed by atoms with van der Waals surface area (Å²) in [6.45, 7) is 10.9. The molecule has 0 radical (unpaired) electrons. The van der Waals surface area contributed by atoms with E-state index in [1.807, 2.05) is 0 Å². The van der Waals surface area contributed by atoms with E-state index in [4.69, 9.17) is 4.98 Å². The van der Waals surface area contributed by atoms with Crippen LogP contribution in [-0.2, 0) is 11.3 Å². The number of carbonyl (C=O) groups is 1. The number of hydrogen-bond acceptors (Lipinski definition) is 4. The highest BCUT2D eigenvalue weighted by Gasteiger charge is 2.32. The van der Waals surface area contributed by atoms with Gasteiger partial charge in [0.1, 0.15) is 5.01 Å². The van der Waals surface area contributed by atoms with Crippen LogP contribution in [-0.4, -0.2) is 34.9 Å². The monoisotopic (exact) mass is 357 g/mol. The Kier molecular flexibility index (Phi) is 5.54. The van der Waals surface area contributed by atoms with Crippen LogP contribution in [0.1, 0.15) is 44.9 Å². The number of hydrogen-bond donors (Lipinski definition) is 1. The highest BCUT2D eigenvalue weighted by molar-refractivity contribution is 7.13. The first-order valence-electron chi connectivity index (χ1n) is 9.02. The van der Waals surface area contributed by atoms with E-state index in [9.17, 15) is 4.79 Å². The summed E-state index contributed by atoms with van der Waals surface area (Å²) in [5.41, 5.74) is 3.56. The number of nitrogens with one attached hydrogen (secondary N) is 1. The van der Waals surface area contributed by atoms with Gasteiger partial charge in [0, 0.05) is 30.6 Å². The predicted octanol–water partition coefficient (Wildman–Crippen LogP) is 3.89. The van der Waals surface area contributed by atoms with Crippen molar-refractivity contribution >= 4 is 17.2 Å². The lowest BCUT2D eigenvalue weighted by Gasteiger charge is -2.36. The Bertz CT molecular complexity index is 721. The van der Waals surface area contributed by atoms with Crippen LogP contribution in [0.25, 0.3) is 10.6 Å². The Hall–Kier alpha value is -1.72. The molecule has 0 aliphatic carbocycles. The number of carbonyl (C=O) groups excluding carboxylic acids is 1. The second-order valence-electron chi connectivity index (χ2n) is 7.37. The first-order chi connectivity index (χ1) is 12.0. The van der Waals surface area contributed by atoms with E-state index in [-0.39, 0.29) is 11.9 Å². The molecule has 1 fully saturated rings. The number of piperazine rings is 1. The predicted molar refractivity (Wildman–Crippen MR) is 104 cm³/mol. The minimum absolute atomic E-state index is 0.0655. The van der Waals surface area contributed by atoms with Crippen molar-refractivity contribution in [2.24, 2.45) is 5.92 Å². The summed E-state index contributed by atoms with van der Waals surface area (Å²) in [6.07, 6.45) is 0. The molecule has 1 atom stereocenters. The highest BCUT2D eigenvalue weighted by atomic mass is 32.1. The first-order valence-corrected chi connectivity index (χ1v) is 9.90. The average molecular weight is 358 g/mol. The molecule has 1 aliphatic rings. The summed E-state index contributed by atoms with van der Waals surface area (Å²) < 4.78 is 0. The van der Waals surface area contributed by atoms with Crippen molar-refractivity contribution in [3.8, 4) is 10.6 Å². The lowest BCUT2D eigenvalue weighted by Crippen LogP contribution is -2.56. The number of nitrogens with zero attached hydrogens (tertiary/aromatic N) is 2. The maximum absolute atomic E-state index is 12.2. The smallest absolute Gasteiger partial charge is 0.237 e. The molecule has 0 spiro atoms. The van der Waals surface area contributed by atoms with E-state index in [1.54, 1.807) is 11.3 Å². The van der Waals surface area contributed by atoms with Gasteiger partial charge in [0.05, 0.1) is 11.7 Å². The van der Waals surface area contributed by atoms with Crippen molar-refractivity contribution in [1.29, 1.82) is 0 Å². The molecule has 1 saturated heterocycles. The van der Waals surface area contributed by atoms with Gasteiger partial charge in [-0.2, -0.15) is 0 Å². The molecule has 134 valence electrons. The molecule has 0 bridgehead atoms. The largest absolute Gasteiger partial charge is 0.353 e. The van der Waals surface area contributed by atoms with Gasteiger partial charge in [-0.3, -0.25) is 9.69 Å². The molecular formula is C20H27N3OS. The third-order valence-electron chi connectivity index (χ3n) is 4.73. The van der Waals surface area contributed by atoms with Crippen LogP contribution in [0.5, 0.6) is 0 Å². The van der Waals surface area contributed by atoms with Crippen LogP contribution in [0.15, 0.2) is 29.6 Å². The molecular weight excluding hydrogens is 330 g/mol. The summed E-state index contributed by atoms with van der Waals surface area (Å²) in [4.78, 5) is 19.2. The fourth-order valence-electron chi connectivity index (χ4n) is 3.36. The molecule has 2 heterocycles. The van der Waals surface area contributed by atoms with Crippen molar-refractivity contribution in [3.05, 3.63) is 40.9 Å². The van der Waals surface area contributed by atoms with Gasteiger partial charge >= 0.3 is 0 Å². The van der Waals surface area contributed by atoms with Gasteiger partial charge in [0.25, 0.3) is 0 Å². The molecule has 1 amide bonds. The van der Waals surface area contributed by atoms with Crippen LogP contribution < -0.4 is 5.32 Å².